The van der Waals surface area contributed by atoms with Gasteiger partial charge in [-0.2, -0.15) is 0 Å². The Bertz CT molecular complexity index is 993. The summed E-state index contributed by atoms with van der Waals surface area (Å²) in [7, 11) is 0. The summed E-state index contributed by atoms with van der Waals surface area (Å²) in [4.78, 5) is 4.65. The zero-order valence-corrected chi connectivity index (χ0v) is 11.4. The van der Waals surface area contributed by atoms with E-state index in [0.717, 1.165) is 22.0 Å². The van der Waals surface area contributed by atoms with Gasteiger partial charge in [-0.3, -0.25) is 0 Å². The Kier molecular flexibility index (Phi) is 2.79. The first-order valence-corrected chi connectivity index (χ1v) is 6.91. The quantitative estimate of drug-likeness (QED) is 0.487. The Morgan fingerprint density at radius 2 is 1.38 bits per heavy atom. The van der Waals surface area contributed by atoms with Gasteiger partial charge in [0.05, 0.1) is 5.69 Å². The normalized spacial score (nSPS) is 12.1. The van der Waals surface area contributed by atoms with E-state index in [1.165, 1.54) is 5.39 Å². The molecule has 4 aromatic rings. The molecule has 100 valence electrons. The number of rotatable bonds is 1. The van der Waals surface area contributed by atoms with Crippen LogP contribution in [-0.4, -0.2) is 0 Å². The Balaban J connectivity index is 1.95. The average Bonchev–Trinajstić information content (AvgIpc) is 2.55. The molecule has 2 heteroatoms. The minimum Gasteiger partial charge on any atom is -0.438 e. The molecule has 0 radical (unpaired) electrons. The highest BCUT2D eigenvalue weighted by atomic mass is 16.3. The van der Waals surface area contributed by atoms with Gasteiger partial charge < -0.3 is 4.42 Å². The second-order valence-corrected chi connectivity index (χ2v) is 4.92. The Morgan fingerprint density at radius 3 is 2.33 bits per heavy atom. The van der Waals surface area contributed by atoms with E-state index in [1.807, 2.05) is 60.7 Å². The average molecular weight is 271 g/mol. The summed E-state index contributed by atoms with van der Waals surface area (Å²) >= 11 is 0. The summed E-state index contributed by atoms with van der Waals surface area (Å²) in [6.07, 6.45) is 0. The molecule has 0 atom stereocenters. The second kappa shape index (κ2) is 4.91. The summed E-state index contributed by atoms with van der Waals surface area (Å²) in [5.74, 6) is 0. The molecule has 0 aliphatic rings. The smallest absolute Gasteiger partial charge is 0.219 e. The Morgan fingerprint density at radius 1 is 0.619 bits per heavy atom. The summed E-state index contributed by atoms with van der Waals surface area (Å²) in [5.41, 5.74) is 2.39. The highest BCUT2D eigenvalue weighted by Crippen LogP contribution is 2.25. The van der Waals surface area contributed by atoms with E-state index in [-0.39, 0.29) is 0 Å². The Hall–Kier alpha value is -2.87. The largest absolute Gasteiger partial charge is 0.438 e. The third-order valence-electron chi connectivity index (χ3n) is 3.54. The first-order valence-electron chi connectivity index (χ1n) is 6.91. The molecule has 0 saturated carbocycles. The van der Waals surface area contributed by atoms with Crippen LogP contribution in [0.15, 0.2) is 88.3 Å². The van der Waals surface area contributed by atoms with Gasteiger partial charge in [0.1, 0.15) is 5.58 Å². The molecule has 0 spiro atoms. The van der Waals surface area contributed by atoms with Crippen molar-refractivity contribution in [2.24, 2.45) is 4.99 Å². The summed E-state index contributed by atoms with van der Waals surface area (Å²) in [6, 6.07) is 26.2. The molecule has 0 fully saturated rings. The van der Waals surface area contributed by atoms with E-state index in [0.29, 0.717) is 5.55 Å². The maximum atomic E-state index is 5.85. The number of benzene rings is 3. The van der Waals surface area contributed by atoms with Gasteiger partial charge in [-0.15, -0.1) is 0 Å². The third kappa shape index (κ3) is 2.21. The third-order valence-corrected chi connectivity index (χ3v) is 3.54. The lowest BCUT2D eigenvalue weighted by Gasteiger charge is -2.01. The van der Waals surface area contributed by atoms with E-state index < -0.39 is 0 Å². The molecule has 0 aliphatic carbocycles. The van der Waals surface area contributed by atoms with Gasteiger partial charge in [0, 0.05) is 16.8 Å². The van der Waals surface area contributed by atoms with Gasteiger partial charge in [-0.05, 0) is 23.6 Å². The molecule has 0 saturated heterocycles. The second-order valence-electron chi connectivity index (χ2n) is 4.92. The van der Waals surface area contributed by atoms with Crippen LogP contribution in [0.4, 0.5) is 5.69 Å². The van der Waals surface area contributed by atoms with Crippen molar-refractivity contribution < 1.29 is 4.42 Å². The number of hydrogen-bond acceptors (Lipinski definition) is 2. The maximum Gasteiger partial charge on any atom is 0.219 e. The molecule has 0 bridgehead atoms. The summed E-state index contributed by atoms with van der Waals surface area (Å²) < 4.78 is 5.85. The van der Waals surface area contributed by atoms with Crippen LogP contribution in [0, 0.1) is 0 Å². The molecule has 1 heterocycles. The van der Waals surface area contributed by atoms with Gasteiger partial charge in [0.15, 0.2) is 0 Å². The zero-order chi connectivity index (χ0) is 14.1. The van der Waals surface area contributed by atoms with Gasteiger partial charge in [0.25, 0.3) is 0 Å². The predicted octanol–water partition coefficient (Wildman–Crippen LogP) is 4.82. The molecule has 0 amide bonds. The van der Waals surface area contributed by atoms with Crippen molar-refractivity contribution in [2.45, 2.75) is 0 Å². The van der Waals surface area contributed by atoms with Crippen LogP contribution in [0.3, 0.4) is 0 Å². The van der Waals surface area contributed by atoms with Crippen molar-refractivity contribution in [1.29, 1.82) is 0 Å². The fraction of sp³-hybridized carbons (Fsp3) is 0. The molecule has 0 unspecified atom stereocenters. The van der Waals surface area contributed by atoms with Crippen molar-refractivity contribution >= 4 is 27.4 Å². The van der Waals surface area contributed by atoms with Crippen LogP contribution in [0.5, 0.6) is 0 Å². The van der Waals surface area contributed by atoms with E-state index in [4.69, 9.17) is 4.42 Å². The van der Waals surface area contributed by atoms with Crippen LogP contribution in [0.25, 0.3) is 21.7 Å². The van der Waals surface area contributed by atoms with Crippen LogP contribution >= 0.6 is 0 Å². The fourth-order valence-corrected chi connectivity index (χ4v) is 2.50. The molecule has 0 aliphatic heterocycles. The molecular formula is C19H13NO. The van der Waals surface area contributed by atoms with Crippen molar-refractivity contribution in [3.05, 3.63) is 84.4 Å². The van der Waals surface area contributed by atoms with E-state index >= 15 is 0 Å². The molecular weight excluding hydrogens is 258 g/mol. The first-order chi connectivity index (χ1) is 10.4. The van der Waals surface area contributed by atoms with E-state index in [1.54, 1.807) is 0 Å². The number of nitrogens with zero attached hydrogens (tertiary/aromatic N) is 1. The van der Waals surface area contributed by atoms with Crippen molar-refractivity contribution in [3.8, 4) is 0 Å². The molecule has 2 nitrogen and oxygen atoms in total. The highest BCUT2D eigenvalue weighted by Gasteiger charge is 1.99. The topological polar surface area (TPSA) is 25.5 Å². The van der Waals surface area contributed by atoms with Crippen molar-refractivity contribution in [2.75, 3.05) is 0 Å². The van der Waals surface area contributed by atoms with E-state index in [9.17, 15) is 0 Å². The zero-order valence-electron chi connectivity index (χ0n) is 11.4. The number of hydrogen-bond donors (Lipinski definition) is 0. The predicted molar refractivity (Wildman–Crippen MR) is 85.4 cm³/mol. The molecule has 0 N–H and O–H groups in total. The standard InChI is InChI=1S/C19H13NO/c1-3-9-16-14(6-1)8-5-10-17(16)20-19-13-12-15-7-2-4-11-18(15)21-19/h1-13H. The summed E-state index contributed by atoms with van der Waals surface area (Å²) in [6.45, 7) is 0. The van der Waals surface area contributed by atoms with Gasteiger partial charge in [-0.1, -0.05) is 54.6 Å². The maximum absolute atomic E-state index is 5.85. The van der Waals surface area contributed by atoms with Crippen LogP contribution in [0.1, 0.15) is 0 Å². The van der Waals surface area contributed by atoms with Gasteiger partial charge >= 0.3 is 0 Å². The lowest BCUT2D eigenvalue weighted by atomic mass is 10.1. The lowest BCUT2D eigenvalue weighted by Crippen LogP contribution is -1.98. The molecule has 3 aromatic carbocycles. The van der Waals surface area contributed by atoms with Crippen molar-refractivity contribution in [3.63, 3.8) is 0 Å². The number of fused-ring (bicyclic) bond motifs is 2. The molecule has 1 aromatic heterocycles. The van der Waals surface area contributed by atoms with Crippen molar-refractivity contribution in [1.82, 2.24) is 0 Å². The van der Waals surface area contributed by atoms with Crippen LogP contribution < -0.4 is 5.55 Å². The minimum atomic E-state index is 0.616. The Labute approximate surface area is 122 Å². The van der Waals surface area contributed by atoms with Gasteiger partial charge in [0.2, 0.25) is 5.55 Å². The molecule has 21 heavy (non-hydrogen) atoms. The highest BCUT2D eigenvalue weighted by molar-refractivity contribution is 5.92. The first kappa shape index (κ1) is 11.9. The SMILES string of the molecule is c1ccc2oc(=Nc3cccc4ccccc34)ccc2c1. The molecule has 4 rings (SSSR count). The number of para-hydroxylation sites is 1. The van der Waals surface area contributed by atoms with Gasteiger partial charge in [-0.25, -0.2) is 4.99 Å². The monoisotopic (exact) mass is 271 g/mol. The fourth-order valence-electron chi connectivity index (χ4n) is 2.50. The minimum absolute atomic E-state index is 0.616. The summed E-state index contributed by atoms with van der Waals surface area (Å²) in [5, 5.41) is 3.39. The van der Waals surface area contributed by atoms with Crippen LogP contribution in [-0.2, 0) is 0 Å². The lowest BCUT2D eigenvalue weighted by molar-refractivity contribution is 0.545. The van der Waals surface area contributed by atoms with Crippen LogP contribution in [0.2, 0.25) is 0 Å². The van der Waals surface area contributed by atoms with E-state index in [2.05, 4.69) is 23.2 Å².